The van der Waals surface area contributed by atoms with Crippen LogP contribution in [0.15, 0.2) is 24.3 Å². The largest absolute Gasteiger partial charge is 0.392 e. The van der Waals surface area contributed by atoms with Gasteiger partial charge in [-0.1, -0.05) is 12.1 Å². The van der Waals surface area contributed by atoms with Crippen LogP contribution in [-0.4, -0.2) is 24.2 Å². The first kappa shape index (κ1) is 11.7. The smallest absolute Gasteiger partial charge is 0.253 e. The third-order valence-corrected chi connectivity index (χ3v) is 2.10. The molecule has 1 amide bonds. The van der Waals surface area contributed by atoms with Crippen LogP contribution in [-0.2, 0) is 16.1 Å². The first-order valence-corrected chi connectivity index (χ1v) is 4.71. The Morgan fingerprint density at radius 1 is 1.60 bits per heavy atom. The Morgan fingerprint density at radius 3 is 2.93 bits per heavy atom. The highest BCUT2D eigenvalue weighted by Crippen LogP contribution is 2.11. The Kier molecular flexibility index (Phi) is 4.27. The van der Waals surface area contributed by atoms with Crippen molar-refractivity contribution >= 4 is 11.6 Å². The van der Waals surface area contributed by atoms with Crippen LogP contribution in [0.1, 0.15) is 12.5 Å². The third kappa shape index (κ3) is 3.34. The lowest BCUT2D eigenvalue weighted by molar-refractivity contribution is -0.124. The number of aliphatic hydroxyl groups is 1. The summed E-state index contributed by atoms with van der Waals surface area (Å²) in [6.45, 7) is 1.63. The summed E-state index contributed by atoms with van der Waals surface area (Å²) in [5.74, 6) is -0.201. The molecule has 0 bridgehead atoms. The molecule has 0 saturated heterocycles. The molecule has 0 radical (unpaired) electrons. The fourth-order valence-electron chi connectivity index (χ4n) is 1.10. The molecule has 4 heteroatoms. The summed E-state index contributed by atoms with van der Waals surface area (Å²) in [4.78, 5) is 11.4. The lowest BCUT2D eigenvalue weighted by atomic mass is 10.2. The molecule has 82 valence electrons. The zero-order valence-corrected chi connectivity index (χ0v) is 8.86. The van der Waals surface area contributed by atoms with Gasteiger partial charge in [-0.2, -0.15) is 0 Å². The Balaban J connectivity index is 2.68. The fourth-order valence-corrected chi connectivity index (χ4v) is 1.10. The second-order valence-electron chi connectivity index (χ2n) is 3.23. The number of aliphatic hydroxyl groups excluding tert-OH is 1. The summed E-state index contributed by atoms with van der Waals surface area (Å²) in [7, 11) is 1.48. The van der Waals surface area contributed by atoms with E-state index in [-0.39, 0.29) is 12.5 Å². The first-order valence-electron chi connectivity index (χ1n) is 4.71. The molecule has 0 aliphatic carbocycles. The Morgan fingerprint density at radius 2 is 2.33 bits per heavy atom. The monoisotopic (exact) mass is 209 g/mol. The normalized spacial score (nSPS) is 12.2. The zero-order chi connectivity index (χ0) is 11.3. The lowest BCUT2D eigenvalue weighted by Crippen LogP contribution is -2.26. The molecule has 1 aromatic rings. The van der Waals surface area contributed by atoms with Gasteiger partial charge in [0.15, 0.2) is 0 Å². The van der Waals surface area contributed by atoms with Crippen LogP contribution in [0.5, 0.6) is 0 Å². The summed E-state index contributed by atoms with van der Waals surface area (Å²) in [5, 5.41) is 11.6. The molecule has 2 N–H and O–H groups in total. The van der Waals surface area contributed by atoms with Gasteiger partial charge in [0.05, 0.1) is 6.61 Å². The highest BCUT2D eigenvalue weighted by molar-refractivity contribution is 5.93. The molecule has 1 aromatic carbocycles. The van der Waals surface area contributed by atoms with Gasteiger partial charge in [0, 0.05) is 12.8 Å². The van der Waals surface area contributed by atoms with Gasteiger partial charge >= 0.3 is 0 Å². The molecular formula is C11H15NO3. The maximum Gasteiger partial charge on any atom is 0.253 e. The summed E-state index contributed by atoms with van der Waals surface area (Å²) in [6, 6.07) is 7.05. The highest BCUT2D eigenvalue weighted by Gasteiger charge is 2.11. The molecule has 0 saturated carbocycles. The third-order valence-electron chi connectivity index (χ3n) is 2.10. The average molecular weight is 209 g/mol. The Hall–Kier alpha value is -1.39. The SMILES string of the molecule is COC(C)C(=O)Nc1cccc(CO)c1. The van der Waals surface area contributed by atoms with E-state index in [2.05, 4.69) is 5.32 Å². The molecule has 1 atom stereocenters. The molecule has 4 nitrogen and oxygen atoms in total. The van der Waals surface area contributed by atoms with Crippen LogP contribution in [0.25, 0.3) is 0 Å². The van der Waals surface area contributed by atoms with Crippen molar-refractivity contribution in [3.63, 3.8) is 0 Å². The van der Waals surface area contributed by atoms with E-state index in [4.69, 9.17) is 9.84 Å². The minimum atomic E-state index is -0.484. The Labute approximate surface area is 88.9 Å². The van der Waals surface area contributed by atoms with Gasteiger partial charge in [0.1, 0.15) is 6.10 Å². The molecular weight excluding hydrogens is 194 g/mol. The van der Waals surface area contributed by atoms with Gasteiger partial charge in [0.2, 0.25) is 0 Å². The molecule has 0 fully saturated rings. The zero-order valence-electron chi connectivity index (χ0n) is 8.86. The number of anilines is 1. The number of hydrogen-bond acceptors (Lipinski definition) is 3. The number of carbonyl (C=O) groups is 1. The van der Waals surface area contributed by atoms with Crippen molar-refractivity contribution in [1.82, 2.24) is 0 Å². The van der Waals surface area contributed by atoms with E-state index >= 15 is 0 Å². The van der Waals surface area contributed by atoms with Crippen LogP contribution in [0, 0.1) is 0 Å². The van der Waals surface area contributed by atoms with Crippen molar-refractivity contribution < 1.29 is 14.6 Å². The van der Waals surface area contributed by atoms with E-state index in [9.17, 15) is 4.79 Å². The van der Waals surface area contributed by atoms with Crippen molar-refractivity contribution in [2.24, 2.45) is 0 Å². The predicted octanol–water partition coefficient (Wildman–Crippen LogP) is 1.15. The van der Waals surface area contributed by atoms with E-state index in [1.165, 1.54) is 7.11 Å². The van der Waals surface area contributed by atoms with Gasteiger partial charge in [0.25, 0.3) is 5.91 Å². The molecule has 1 unspecified atom stereocenters. The summed E-state index contributed by atoms with van der Waals surface area (Å²) in [5.41, 5.74) is 1.42. The number of methoxy groups -OCH3 is 1. The molecule has 15 heavy (non-hydrogen) atoms. The second kappa shape index (κ2) is 5.48. The molecule has 1 rings (SSSR count). The summed E-state index contributed by atoms with van der Waals surface area (Å²) in [6.07, 6.45) is -0.484. The molecule has 0 heterocycles. The van der Waals surface area contributed by atoms with Gasteiger partial charge < -0.3 is 15.2 Å². The van der Waals surface area contributed by atoms with Gasteiger partial charge in [-0.3, -0.25) is 4.79 Å². The Bertz CT molecular complexity index is 338. The number of nitrogens with one attached hydrogen (secondary N) is 1. The molecule has 0 aliphatic heterocycles. The van der Waals surface area contributed by atoms with Crippen molar-refractivity contribution in [3.05, 3.63) is 29.8 Å². The van der Waals surface area contributed by atoms with Crippen molar-refractivity contribution in [2.45, 2.75) is 19.6 Å². The lowest BCUT2D eigenvalue weighted by Gasteiger charge is -2.10. The summed E-state index contributed by atoms with van der Waals surface area (Å²) < 4.78 is 4.88. The van der Waals surface area contributed by atoms with Crippen molar-refractivity contribution in [2.75, 3.05) is 12.4 Å². The predicted molar refractivity (Wildman–Crippen MR) is 57.5 cm³/mol. The number of carbonyl (C=O) groups excluding carboxylic acids is 1. The molecule has 0 aliphatic rings. The van der Waals surface area contributed by atoms with Crippen LogP contribution in [0.2, 0.25) is 0 Å². The number of amides is 1. The van der Waals surface area contributed by atoms with E-state index in [1.807, 2.05) is 0 Å². The van der Waals surface area contributed by atoms with Gasteiger partial charge in [-0.25, -0.2) is 0 Å². The fraction of sp³-hybridized carbons (Fsp3) is 0.364. The average Bonchev–Trinajstić information content (AvgIpc) is 2.28. The maximum absolute atomic E-state index is 11.4. The van der Waals surface area contributed by atoms with E-state index in [1.54, 1.807) is 31.2 Å². The first-order chi connectivity index (χ1) is 7.17. The van der Waals surface area contributed by atoms with Gasteiger partial charge in [-0.05, 0) is 24.6 Å². The van der Waals surface area contributed by atoms with Gasteiger partial charge in [-0.15, -0.1) is 0 Å². The molecule has 0 spiro atoms. The quantitative estimate of drug-likeness (QED) is 0.782. The minimum Gasteiger partial charge on any atom is -0.392 e. The standard InChI is InChI=1S/C11H15NO3/c1-8(15-2)11(14)12-10-5-3-4-9(6-10)7-13/h3-6,8,13H,7H2,1-2H3,(H,12,14). The van der Waals surface area contributed by atoms with Crippen molar-refractivity contribution in [3.8, 4) is 0 Å². The number of ether oxygens (including phenoxy) is 1. The van der Waals surface area contributed by atoms with Crippen LogP contribution >= 0.6 is 0 Å². The maximum atomic E-state index is 11.4. The topological polar surface area (TPSA) is 58.6 Å². The highest BCUT2D eigenvalue weighted by atomic mass is 16.5. The van der Waals surface area contributed by atoms with Crippen molar-refractivity contribution in [1.29, 1.82) is 0 Å². The molecule has 0 aromatic heterocycles. The van der Waals surface area contributed by atoms with Crippen LogP contribution < -0.4 is 5.32 Å². The van der Waals surface area contributed by atoms with E-state index < -0.39 is 6.10 Å². The van der Waals surface area contributed by atoms with Crippen LogP contribution in [0.4, 0.5) is 5.69 Å². The number of benzene rings is 1. The van der Waals surface area contributed by atoms with Crippen LogP contribution in [0.3, 0.4) is 0 Å². The number of rotatable bonds is 4. The second-order valence-corrected chi connectivity index (χ2v) is 3.23. The van der Waals surface area contributed by atoms with E-state index in [0.717, 1.165) is 5.56 Å². The summed E-state index contributed by atoms with van der Waals surface area (Å²) >= 11 is 0. The minimum absolute atomic E-state index is 0.0382. The number of hydrogen-bond donors (Lipinski definition) is 2. The van der Waals surface area contributed by atoms with E-state index in [0.29, 0.717) is 5.69 Å².